The number of aromatic hydroxyl groups is 1. The number of hydrogen-bond acceptors (Lipinski definition) is 5. The van der Waals surface area contributed by atoms with Crippen LogP contribution in [-0.2, 0) is 11.2 Å². The summed E-state index contributed by atoms with van der Waals surface area (Å²) in [7, 11) is 0. The number of hydrogen-bond donors (Lipinski definition) is 3. The highest BCUT2D eigenvalue weighted by atomic mass is 35.5. The fourth-order valence-electron chi connectivity index (χ4n) is 5.77. The molecular weight excluding hydrogens is 499 g/mol. The van der Waals surface area contributed by atoms with E-state index in [-0.39, 0.29) is 36.3 Å². The minimum atomic E-state index is -1.17. The molecule has 3 heterocycles. The molecule has 5 rings (SSSR count). The Hall–Kier alpha value is -3.14. The maximum atomic E-state index is 14.3. The minimum absolute atomic E-state index is 0.0189. The van der Waals surface area contributed by atoms with Gasteiger partial charge in [0.05, 0.1) is 11.6 Å². The van der Waals surface area contributed by atoms with Crippen LogP contribution in [0.15, 0.2) is 36.4 Å². The van der Waals surface area contributed by atoms with Gasteiger partial charge in [0.25, 0.3) is 5.91 Å². The van der Waals surface area contributed by atoms with E-state index in [1.807, 2.05) is 6.92 Å². The van der Waals surface area contributed by atoms with Crippen LogP contribution in [0.3, 0.4) is 0 Å². The van der Waals surface area contributed by atoms with E-state index in [9.17, 15) is 24.2 Å². The molecule has 2 aliphatic heterocycles. The molecule has 1 aromatic heterocycles. The van der Waals surface area contributed by atoms with E-state index in [0.29, 0.717) is 41.7 Å². The summed E-state index contributed by atoms with van der Waals surface area (Å²) in [6.45, 7) is 6.01. The molecule has 2 aromatic carbocycles. The average Bonchev–Trinajstić information content (AvgIpc) is 3.29. The molecule has 37 heavy (non-hydrogen) atoms. The number of aliphatic hydroxyl groups excluding tert-OH is 1. The number of H-pyrrole nitrogens is 1. The lowest BCUT2D eigenvalue weighted by Gasteiger charge is -2.42. The van der Waals surface area contributed by atoms with Crippen LogP contribution in [0.5, 0.6) is 5.75 Å². The van der Waals surface area contributed by atoms with Crippen molar-refractivity contribution in [2.45, 2.75) is 38.3 Å². The molecule has 3 aromatic rings. The second kappa shape index (κ2) is 9.63. The summed E-state index contributed by atoms with van der Waals surface area (Å²) in [6.07, 6.45) is 0.821. The molecule has 8 nitrogen and oxygen atoms in total. The molecule has 0 saturated carbocycles. The summed E-state index contributed by atoms with van der Waals surface area (Å²) in [5.41, 5.74) is 1.46. The Morgan fingerprint density at radius 3 is 2.73 bits per heavy atom. The van der Waals surface area contributed by atoms with Crippen molar-refractivity contribution in [1.82, 2.24) is 19.7 Å². The number of likely N-dealkylation sites (N-methyl/N-ethyl adjacent to an activating group) is 1. The highest BCUT2D eigenvalue weighted by Crippen LogP contribution is 2.49. The zero-order valence-corrected chi connectivity index (χ0v) is 21.6. The highest BCUT2D eigenvalue weighted by Gasteiger charge is 2.60. The maximum absolute atomic E-state index is 14.3. The first-order chi connectivity index (χ1) is 17.7. The zero-order chi connectivity index (χ0) is 26.5. The number of fused-ring (bicyclic) bond motifs is 4. The third-order valence-electron chi connectivity index (χ3n) is 7.61. The first-order valence-corrected chi connectivity index (χ1v) is 12.8. The van der Waals surface area contributed by atoms with Crippen molar-refractivity contribution in [2.24, 2.45) is 0 Å². The number of carbonyl (C=O) groups is 2. The third-order valence-corrected chi connectivity index (χ3v) is 7.90. The van der Waals surface area contributed by atoms with E-state index in [4.69, 9.17) is 11.6 Å². The number of benzene rings is 2. The Balaban J connectivity index is 1.57. The summed E-state index contributed by atoms with van der Waals surface area (Å²) in [5.74, 6) is -0.815. The summed E-state index contributed by atoms with van der Waals surface area (Å²) < 4.78 is 14.3. The summed E-state index contributed by atoms with van der Waals surface area (Å²) in [6, 6.07) is 8.39. The maximum Gasteiger partial charge on any atom is 0.328 e. The molecule has 0 aliphatic carbocycles. The molecule has 3 N–H and O–H groups in total. The first kappa shape index (κ1) is 25.5. The van der Waals surface area contributed by atoms with Crippen LogP contribution in [0, 0.1) is 5.82 Å². The average molecular weight is 529 g/mol. The molecule has 0 radical (unpaired) electrons. The third kappa shape index (κ3) is 4.15. The smallest absolute Gasteiger partial charge is 0.328 e. The number of rotatable bonds is 8. The van der Waals surface area contributed by atoms with E-state index in [1.165, 1.54) is 11.0 Å². The number of phenolic OH excluding ortho intramolecular Hbond substituents is 1. The number of halogens is 2. The van der Waals surface area contributed by atoms with Crippen LogP contribution in [0.1, 0.15) is 43.1 Å². The van der Waals surface area contributed by atoms with E-state index < -0.39 is 23.4 Å². The largest absolute Gasteiger partial charge is 0.508 e. The molecule has 2 atom stereocenters. The zero-order valence-electron chi connectivity index (χ0n) is 20.8. The lowest BCUT2D eigenvalue weighted by molar-refractivity contribution is -0.133. The van der Waals surface area contributed by atoms with Crippen LogP contribution in [0.4, 0.5) is 9.18 Å². The number of imide groups is 1. The molecule has 10 heteroatoms. The van der Waals surface area contributed by atoms with Gasteiger partial charge < -0.3 is 20.1 Å². The van der Waals surface area contributed by atoms with Gasteiger partial charge in [-0.1, -0.05) is 30.7 Å². The van der Waals surface area contributed by atoms with Crippen LogP contribution in [0.2, 0.25) is 5.02 Å². The van der Waals surface area contributed by atoms with Gasteiger partial charge in [-0.3, -0.25) is 14.6 Å². The van der Waals surface area contributed by atoms with Crippen molar-refractivity contribution in [2.75, 3.05) is 32.8 Å². The van der Waals surface area contributed by atoms with Crippen LogP contribution >= 0.6 is 11.6 Å². The molecule has 3 amide bonds. The molecule has 196 valence electrons. The Bertz CT molecular complexity index is 1380. The quantitative estimate of drug-likeness (QED) is 0.383. The Morgan fingerprint density at radius 2 is 2.03 bits per heavy atom. The summed E-state index contributed by atoms with van der Waals surface area (Å²) in [5, 5.41) is 20.2. The first-order valence-electron chi connectivity index (χ1n) is 12.5. The number of amides is 3. The number of aromatic amines is 1. The van der Waals surface area contributed by atoms with Crippen molar-refractivity contribution in [3.05, 3.63) is 64.1 Å². The van der Waals surface area contributed by atoms with Gasteiger partial charge in [0.15, 0.2) is 0 Å². The fraction of sp³-hybridized carbons (Fsp3) is 0.407. The topological polar surface area (TPSA) is 100 Å². The van der Waals surface area contributed by atoms with Gasteiger partial charge in [0.1, 0.15) is 23.1 Å². The lowest BCUT2D eigenvalue weighted by Crippen LogP contribution is -2.53. The van der Waals surface area contributed by atoms with Gasteiger partial charge in [0.2, 0.25) is 0 Å². The summed E-state index contributed by atoms with van der Waals surface area (Å²) in [4.78, 5) is 35.9. The highest BCUT2D eigenvalue weighted by molar-refractivity contribution is 6.31. The SMILES string of the molecule is CCN(CCO)CCCN1C(=O)N2C(c3cccc(O)c3)c3[nH]c4cc(F)c(Cl)cc4c3CC2(C)C1=O. The van der Waals surface area contributed by atoms with Gasteiger partial charge in [0, 0.05) is 36.1 Å². The Kier molecular flexibility index (Phi) is 6.64. The standard InChI is InChI=1S/C27H30ClFN4O4/c1-3-31(10-11-34)8-5-9-32-25(36)27(2)15-19-18-13-20(28)21(29)14-22(18)30-23(19)24(33(27)26(32)37)16-6-4-7-17(35)12-16/h4,6-7,12-14,24,30,34-35H,3,5,8-11,15H2,1-2H3. The molecular formula is C27H30ClFN4O4. The molecule has 2 unspecified atom stereocenters. The van der Waals surface area contributed by atoms with Crippen molar-refractivity contribution >= 4 is 34.4 Å². The monoisotopic (exact) mass is 528 g/mol. The lowest BCUT2D eigenvalue weighted by atomic mass is 9.81. The second-order valence-electron chi connectivity index (χ2n) is 9.90. The van der Waals surface area contributed by atoms with E-state index in [1.54, 1.807) is 42.2 Å². The van der Waals surface area contributed by atoms with Gasteiger partial charge in [-0.05, 0) is 61.8 Å². The van der Waals surface area contributed by atoms with Gasteiger partial charge in [-0.15, -0.1) is 0 Å². The number of carbonyl (C=O) groups excluding carboxylic acids is 2. The number of nitrogens with zero attached hydrogens (tertiary/aromatic N) is 3. The van der Waals surface area contributed by atoms with Crippen LogP contribution < -0.4 is 0 Å². The van der Waals surface area contributed by atoms with Crippen molar-refractivity contribution in [1.29, 1.82) is 0 Å². The predicted octanol–water partition coefficient (Wildman–Crippen LogP) is 4.04. The molecule has 0 bridgehead atoms. The second-order valence-corrected chi connectivity index (χ2v) is 10.3. The summed E-state index contributed by atoms with van der Waals surface area (Å²) >= 11 is 6.12. The van der Waals surface area contributed by atoms with E-state index in [0.717, 1.165) is 12.1 Å². The number of urea groups is 1. The number of aromatic nitrogens is 1. The van der Waals surface area contributed by atoms with Crippen molar-refractivity contribution in [3.63, 3.8) is 0 Å². The molecule has 0 spiro atoms. The van der Waals surface area contributed by atoms with Crippen LogP contribution in [0.25, 0.3) is 10.9 Å². The van der Waals surface area contributed by atoms with E-state index >= 15 is 0 Å². The molecule has 1 saturated heterocycles. The molecule has 2 aliphatic rings. The fourth-order valence-corrected chi connectivity index (χ4v) is 5.93. The van der Waals surface area contributed by atoms with Gasteiger partial charge in [-0.25, -0.2) is 9.18 Å². The number of nitrogens with one attached hydrogen (secondary N) is 1. The number of phenols is 1. The van der Waals surface area contributed by atoms with E-state index in [2.05, 4.69) is 9.88 Å². The predicted molar refractivity (Wildman–Crippen MR) is 138 cm³/mol. The Morgan fingerprint density at radius 1 is 1.24 bits per heavy atom. The van der Waals surface area contributed by atoms with Gasteiger partial charge in [-0.2, -0.15) is 0 Å². The molecule has 1 fully saturated rings. The normalized spacial score (nSPS) is 21.3. The minimum Gasteiger partial charge on any atom is -0.508 e. The number of aliphatic hydroxyl groups is 1. The van der Waals surface area contributed by atoms with Crippen molar-refractivity contribution < 1.29 is 24.2 Å². The van der Waals surface area contributed by atoms with Crippen molar-refractivity contribution in [3.8, 4) is 5.75 Å². The van der Waals surface area contributed by atoms with Gasteiger partial charge >= 0.3 is 6.03 Å². The Labute approximate surface area is 219 Å². The van der Waals surface area contributed by atoms with Crippen LogP contribution in [-0.4, -0.2) is 80.2 Å².